The fraction of sp³-hybridized carbons (Fsp3) is 0.150. The number of carbonyl (C=O) groups is 1. The summed E-state index contributed by atoms with van der Waals surface area (Å²) in [5, 5.41) is 18.8. The van der Waals surface area contributed by atoms with Crippen molar-refractivity contribution in [1.29, 1.82) is 0 Å². The minimum Gasteiger partial charge on any atom is -0.496 e. The molecule has 3 aromatic rings. The highest BCUT2D eigenvalue weighted by Gasteiger charge is 2.16. The van der Waals surface area contributed by atoms with Crippen molar-refractivity contribution in [3.05, 3.63) is 75.6 Å². The van der Waals surface area contributed by atoms with Gasteiger partial charge in [0, 0.05) is 11.1 Å². The molecule has 0 atom stereocenters. The molecule has 31 heavy (non-hydrogen) atoms. The molecule has 11 heteroatoms. The molecule has 0 fully saturated rings. The minimum absolute atomic E-state index is 0.0945. The van der Waals surface area contributed by atoms with Crippen molar-refractivity contribution >= 4 is 17.8 Å². The van der Waals surface area contributed by atoms with Crippen LogP contribution in [0.25, 0.3) is 0 Å². The first-order valence-corrected chi connectivity index (χ1v) is 9.10. The van der Waals surface area contributed by atoms with Crippen LogP contribution in [0.15, 0.2) is 53.9 Å². The predicted octanol–water partition coefficient (Wildman–Crippen LogP) is 2.34. The number of rotatable bonds is 7. The fourth-order valence-electron chi connectivity index (χ4n) is 2.98. The Morgan fingerprint density at radius 1 is 1.32 bits per heavy atom. The average molecular weight is 423 g/mol. The van der Waals surface area contributed by atoms with Crippen molar-refractivity contribution in [2.45, 2.75) is 6.54 Å². The van der Waals surface area contributed by atoms with E-state index in [1.165, 1.54) is 30.4 Å². The lowest BCUT2D eigenvalue weighted by Crippen LogP contribution is -2.17. The lowest BCUT2D eigenvalue weighted by molar-refractivity contribution is -0.385. The van der Waals surface area contributed by atoms with Gasteiger partial charge in [0.15, 0.2) is 11.5 Å². The molecule has 1 aliphatic heterocycles. The largest absolute Gasteiger partial charge is 0.496 e. The van der Waals surface area contributed by atoms with Crippen molar-refractivity contribution in [2.24, 2.45) is 5.10 Å². The smallest absolute Gasteiger partial charge is 0.307 e. The third-order valence-corrected chi connectivity index (χ3v) is 4.48. The van der Waals surface area contributed by atoms with E-state index in [2.05, 4.69) is 15.6 Å². The van der Waals surface area contributed by atoms with Crippen LogP contribution in [0.5, 0.6) is 17.2 Å². The zero-order valence-electron chi connectivity index (χ0n) is 16.3. The van der Waals surface area contributed by atoms with Crippen LogP contribution in [0.3, 0.4) is 0 Å². The SMILES string of the molecule is COc1ccc(/C=N\NC(=O)c2ccc3c(c2)OCO3)cc1Cn1cc([N+](=O)[O-])cn1. The Morgan fingerprint density at radius 2 is 2.16 bits per heavy atom. The summed E-state index contributed by atoms with van der Waals surface area (Å²) in [6.07, 6.45) is 4.01. The van der Waals surface area contributed by atoms with Gasteiger partial charge >= 0.3 is 5.69 Å². The zero-order valence-corrected chi connectivity index (χ0v) is 16.3. The molecule has 1 N–H and O–H groups in total. The van der Waals surface area contributed by atoms with E-state index >= 15 is 0 Å². The normalized spacial score (nSPS) is 12.2. The molecule has 0 bridgehead atoms. The van der Waals surface area contributed by atoms with Gasteiger partial charge < -0.3 is 14.2 Å². The zero-order chi connectivity index (χ0) is 21.8. The van der Waals surface area contributed by atoms with E-state index < -0.39 is 10.8 Å². The number of ether oxygens (including phenoxy) is 3. The topological polar surface area (TPSA) is 130 Å². The van der Waals surface area contributed by atoms with Crippen LogP contribution in [0.2, 0.25) is 0 Å². The maximum Gasteiger partial charge on any atom is 0.307 e. The first kappa shape index (κ1) is 19.9. The van der Waals surface area contributed by atoms with Gasteiger partial charge in [-0.05, 0) is 42.0 Å². The van der Waals surface area contributed by atoms with Gasteiger partial charge in [-0.25, -0.2) is 5.43 Å². The summed E-state index contributed by atoms with van der Waals surface area (Å²) in [6, 6.07) is 10.2. The minimum atomic E-state index is -0.507. The van der Waals surface area contributed by atoms with E-state index in [0.717, 1.165) is 5.56 Å². The Balaban J connectivity index is 1.45. The summed E-state index contributed by atoms with van der Waals surface area (Å²) >= 11 is 0. The Morgan fingerprint density at radius 3 is 2.94 bits per heavy atom. The Hall–Kier alpha value is -4.41. The molecule has 2 aromatic carbocycles. The number of nitro groups is 1. The third kappa shape index (κ3) is 4.45. The van der Waals surface area contributed by atoms with Gasteiger partial charge in [0.1, 0.15) is 18.1 Å². The third-order valence-electron chi connectivity index (χ3n) is 4.48. The highest BCUT2D eigenvalue weighted by Crippen LogP contribution is 2.32. The number of aromatic nitrogens is 2. The molecular weight excluding hydrogens is 406 g/mol. The average Bonchev–Trinajstić information content (AvgIpc) is 3.43. The molecule has 11 nitrogen and oxygen atoms in total. The lowest BCUT2D eigenvalue weighted by atomic mass is 10.1. The molecule has 158 valence electrons. The summed E-state index contributed by atoms with van der Waals surface area (Å²) in [4.78, 5) is 22.6. The second kappa shape index (κ2) is 8.53. The van der Waals surface area contributed by atoms with E-state index in [4.69, 9.17) is 14.2 Å². The van der Waals surface area contributed by atoms with Crippen LogP contribution in [0.1, 0.15) is 21.5 Å². The first-order chi connectivity index (χ1) is 15.0. The van der Waals surface area contributed by atoms with E-state index in [-0.39, 0.29) is 19.0 Å². The molecular formula is C20H17N5O6. The number of nitrogens with one attached hydrogen (secondary N) is 1. The number of amides is 1. The van der Waals surface area contributed by atoms with Crippen LogP contribution >= 0.6 is 0 Å². The molecule has 1 aliphatic rings. The number of fused-ring (bicyclic) bond motifs is 1. The maximum absolute atomic E-state index is 12.3. The van der Waals surface area contributed by atoms with Crippen molar-refractivity contribution in [1.82, 2.24) is 15.2 Å². The molecule has 1 amide bonds. The number of nitrogens with zero attached hydrogens (tertiary/aromatic N) is 4. The molecule has 0 radical (unpaired) electrons. The van der Waals surface area contributed by atoms with Crippen LogP contribution in [0.4, 0.5) is 5.69 Å². The quantitative estimate of drug-likeness (QED) is 0.351. The number of hydrazone groups is 1. The number of hydrogen-bond acceptors (Lipinski definition) is 8. The van der Waals surface area contributed by atoms with E-state index in [0.29, 0.717) is 28.4 Å². The van der Waals surface area contributed by atoms with Gasteiger partial charge in [-0.3, -0.25) is 19.6 Å². The highest BCUT2D eigenvalue weighted by molar-refractivity contribution is 5.95. The fourth-order valence-corrected chi connectivity index (χ4v) is 2.98. The second-order valence-electron chi connectivity index (χ2n) is 6.49. The Bertz CT molecular complexity index is 1170. The second-order valence-corrected chi connectivity index (χ2v) is 6.49. The van der Waals surface area contributed by atoms with Crippen LogP contribution < -0.4 is 19.6 Å². The van der Waals surface area contributed by atoms with Gasteiger partial charge in [0.25, 0.3) is 5.91 Å². The van der Waals surface area contributed by atoms with Crippen molar-refractivity contribution in [3.63, 3.8) is 0 Å². The van der Waals surface area contributed by atoms with Gasteiger partial charge in [-0.1, -0.05) is 0 Å². The molecule has 4 rings (SSSR count). The van der Waals surface area contributed by atoms with E-state index in [9.17, 15) is 14.9 Å². The molecule has 0 spiro atoms. The van der Waals surface area contributed by atoms with Crippen molar-refractivity contribution < 1.29 is 23.9 Å². The molecule has 0 saturated heterocycles. The van der Waals surface area contributed by atoms with Crippen molar-refractivity contribution in [3.8, 4) is 17.2 Å². The van der Waals surface area contributed by atoms with Gasteiger partial charge in [-0.15, -0.1) is 0 Å². The maximum atomic E-state index is 12.3. The number of carbonyl (C=O) groups excluding carboxylic acids is 1. The number of methoxy groups -OCH3 is 1. The monoisotopic (exact) mass is 423 g/mol. The van der Waals surface area contributed by atoms with Crippen LogP contribution in [-0.4, -0.2) is 40.7 Å². The summed E-state index contributed by atoms with van der Waals surface area (Å²) in [6.45, 7) is 0.395. The molecule has 0 unspecified atom stereocenters. The lowest BCUT2D eigenvalue weighted by Gasteiger charge is -2.09. The number of hydrogen-bond donors (Lipinski definition) is 1. The van der Waals surface area contributed by atoms with Gasteiger partial charge in [0.2, 0.25) is 6.79 Å². The molecule has 0 saturated carbocycles. The first-order valence-electron chi connectivity index (χ1n) is 9.10. The number of benzene rings is 2. The molecule has 0 aliphatic carbocycles. The van der Waals surface area contributed by atoms with E-state index in [1.807, 2.05) is 0 Å². The highest BCUT2D eigenvalue weighted by atomic mass is 16.7. The predicted molar refractivity (Wildman–Crippen MR) is 109 cm³/mol. The van der Waals surface area contributed by atoms with Crippen LogP contribution in [0, 0.1) is 10.1 Å². The Kier molecular flexibility index (Phi) is 5.47. The van der Waals surface area contributed by atoms with E-state index in [1.54, 1.807) is 36.4 Å². The standard InChI is InChI=1S/C20H17N5O6/c1-29-17-4-2-13(6-15(17)10-24-11-16(9-22-24)25(27)28)8-21-23-20(26)14-3-5-18-19(7-14)31-12-30-18/h2-9,11H,10,12H2,1H3,(H,23,26)/b21-8-. The molecule has 2 heterocycles. The van der Waals surface area contributed by atoms with Gasteiger partial charge in [0.05, 0.1) is 24.8 Å². The summed E-state index contributed by atoms with van der Waals surface area (Å²) in [5.41, 5.74) is 4.19. The summed E-state index contributed by atoms with van der Waals surface area (Å²) in [5.74, 6) is 1.30. The van der Waals surface area contributed by atoms with Crippen LogP contribution in [-0.2, 0) is 6.54 Å². The summed E-state index contributed by atoms with van der Waals surface area (Å²) < 4.78 is 17.3. The summed E-state index contributed by atoms with van der Waals surface area (Å²) in [7, 11) is 1.53. The van der Waals surface area contributed by atoms with Gasteiger partial charge in [-0.2, -0.15) is 10.2 Å². The van der Waals surface area contributed by atoms with Crippen molar-refractivity contribution in [2.75, 3.05) is 13.9 Å². The molecule has 1 aromatic heterocycles. The Labute approximate surface area is 176 Å².